The lowest BCUT2D eigenvalue weighted by molar-refractivity contribution is -0.389. The minimum atomic E-state index is -0.648. The molecule has 1 aromatic heterocycles. The van der Waals surface area contributed by atoms with Gasteiger partial charge in [0, 0.05) is 7.11 Å². The molecule has 1 aromatic rings. The van der Waals surface area contributed by atoms with Crippen molar-refractivity contribution < 1.29 is 14.8 Å². The molecule has 0 fully saturated rings. The first kappa shape index (κ1) is 10.5. The van der Waals surface area contributed by atoms with Crippen molar-refractivity contribution in [2.75, 3.05) is 20.3 Å². The average Bonchev–Trinajstić information content (AvgIpc) is 2.63. The molecule has 14 heavy (non-hydrogen) atoms. The van der Waals surface area contributed by atoms with Crippen molar-refractivity contribution in [2.45, 2.75) is 6.04 Å². The summed E-state index contributed by atoms with van der Waals surface area (Å²) in [5.41, 5.74) is 0. The number of hydrogen-bond donors (Lipinski definition) is 1. The normalized spacial score (nSPS) is 12.7. The molecule has 0 amide bonds. The first-order chi connectivity index (χ1) is 6.69. The summed E-state index contributed by atoms with van der Waals surface area (Å²) in [4.78, 5) is 10.7. The summed E-state index contributed by atoms with van der Waals surface area (Å²) in [5, 5.41) is 26.4. The van der Waals surface area contributed by atoms with Gasteiger partial charge in [-0.3, -0.25) is 0 Å². The highest BCUT2D eigenvalue weighted by Crippen LogP contribution is 2.07. The Morgan fingerprint density at radius 1 is 1.86 bits per heavy atom. The predicted octanol–water partition coefficient (Wildman–Crippen LogP) is -0.634. The third-order valence-corrected chi connectivity index (χ3v) is 1.58. The van der Waals surface area contributed by atoms with E-state index in [1.807, 2.05) is 0 Å². The van der Waals surface area contributed by atoms with E-state index in [-0.39, 0.29) is 19.0 Å². The maximum absolute atomic E-state index is 10.3. The molecule has 8 heteroatoms. The number of aromatic nitrogens is 3. The van der Waals surface area contributed by atoms with Crippen LogP contribution in [0.15, 0.2) is 6.20 Å². The molecule has 1 rings (SSSR count). The zero-order chi connectivity index (χ0) is 10.6. The van der Waals surface area contributed by atoms with Crippen molar-refractivity contribution >= 4 is 5.82 Å². The number of nitrogens with zero attached hydrogens (tertiary/aromatic N) is 4. The summed E-state index contributed by atoms with van der Waals surface area (Å²) < 4.78 is 4.79. The number of hydrogen-bond acceptors (Lipinski definition) is 6. The van der Waals surface area contributed by atoms with Crippen molar-refractivity contribution in [3.05, 3.63) is 16.3 Å². The summed E-state index contributed by atoms with van der Waals surface area (Å²) in [7, 11) is 1.46. The number of aliphatic hydroxyl groups is 1. The fourth-order valence-electron chi connectivity index (χ4n) is 0.912. The summed E-state index contributed by atoms with van der Waals surface area (Å²) >= 11 is 0. The highest BCUT2D eigenvalue weighted by atomic mass is 16.6. The van der Waals surface area contributed by atoms with Gasteiger partial charge in [0.2, 0.25) is 0 Å². The predicted molar refractivity (Wildman–Crippen MR) is 44.7 cm³/mol. The van der Waals surface area contributed by atoms with Gasteiger partial charge in [-0.1, -0.05) is 4.80 Å². The fourth-order valence-corrected chi connectivity index (χ4v) is 0.912. The van der Waals surface area contributed by atoms with Gasteiger partial charge in [0.25, 0.3) is 0 Å². The molecule has 1 unspecified atom stereocenters. The molecule has 1 atom stereocenters. The fraction of sp³-hybridized carbons (Fsp3) is 0.667. The Hall–Kier alpha value is -1.54. The van der Waals surface area contributed by atoms with Crippen molar-refractivity contribution in [2.24, 2.45) is 0 Å². The Morgan fingerprint density at radius 2 is 2.57 bits per heavy atom. The second kappa shape index (κ2) is 4.63. The quantitative estimate of drug-likeness (QED) is 0.503. The second-order valence-corrected chi connectivity index (χ2v) is 2.57. The van der Waals surface area contributed by atoms with Gasteiger partial charge in [-0.2, -0.15) is 0 Å². The van der Waals surface area contributed by atoms with Gasteiger partial charge in [-0.25, -0.2) is 0 Å². The number of ether oxygens (including phenoxy) is 1. The van der Waals surface area contributed by atoms with E-state index in [0.29, 0.717) is 0 Å². The molecule has 0 aliphatic carbocycles. The second-order valence-electron chi connectivity index (χ2n) is 2.57. The Balaban J connectivity index is 2.78. The van der Waals surface area contributed by atoms with Gasteiger partial charge in [0.15, 0.2) is 6.20 Å². The topological polar surface area (TPSA) is 103 Å². The van der Waals surface area contributed by atoms with Crippen molar-refractivity contribution in [1.82, 2.24) is 15.0 Å². The molecule has 8 nitrogen and oxygen atoms in total. The van der Waals surface area contributed by atoms with Crippen molar-refractivity contribution in [3.63, 3.8) is 0 Å². The monoisotopic (exact) mass is 202 g/mol. The smallest absolute Gasteiger partial charge is 0.394 e. The highest BCUT2D eigenvalue weighted by Gasteiger charge is 2.19. The molecule has 1 heterocycles. The lowest BCUT2D eigenvalue weighted by Gasteiger charge is -2.07. The summed E-state index contributed by atoms with van der Waals surface area (Å²) in [6.45, 7) is -0.0397. The SMILES string of the molecule is COCC(CO)n1ncc([N+](=O)[O-])n1. The van der Waals surface area contributed by atoms with Crippen LogP contribution < -0.4 is 0 Å². The third-order valence-electron chi connectivity index (χ3n) is 1.58. The Morgan fingerprint density at radius 3 is 3.00 bits per heavy atom. The van der Waals surface area contributed by atoms with E-state index >= 15 is 0 Å². The minimum absolute atomic E-state index is 0.197. The Labute approximate surface area is 79.2 Å². The molecule has 0 bridgehead atoms. The third kappa shape index (κ3) is 2.24. The Kier molecular flexibility index (Phi) is 3.48. The van der Waals surface area contributed by atoms with E-state index in [0.717, 1.165) is 11.0 Å². The maximum Gasteiger partial charge on any atom is 0.410 e. The molecule has 0 aliphatic heterocycles. The van der Waals surface area contributed by atoms with Gasteiger partial charge in [-0.05, 0) is 4.92 Å². The molecule has 0 radical (unpaired) electrons. The largest absolute Gasteiger partial charge is 0.410 e. The molecule has 0 saturated heterocycles. The van der Waals surface area contributed by atoms with Gasteiger partial charge in [0.05, 0.1) is 18.3 Å². The van der Waals surface area contributed by atoms with E-state index in [4.69, 9.17) is 9.84 Å². The van der Waals surface area contributed by atoms with Crippen LogP contribution in [-0.4, -0.2) is 45.3 Å². The molecule has 0 aliphatic rings. The molecule has 0 spiro atoms. The molecule has 1 N–H and O–H groups in total. The molecular weight excluding hydrogens is 192 g/mol. The van der Waals surface area contributed by atoms with Crippen LogP contribution in [0.1, 0.15) is 6.04 Å². The average molecular weight is 202 g/mol. The van der Waals surface area contributed by atoms with Crippen LogP contribution in [0.25, 0.3) is 0 Å². The summed E-state index contributed by atoms with van der Waals surface area (Å²) in [6, 6.07) is -0.492. The van der Waals surface area contributed by atoms with Crippen LogP contribution in [0.2, 0.25) is 0 Å². The van der Waals surface area contributed by atoms with E-state index in [9.17, 15) is 10.1 Å². The van der Waals surface area contributed by atoms with Gasteiger partial charge in [0.1, 0.15) is 6.04 Å². The number of methoxy groups -OCH3 is 1. The van der Waals surface area contributed by atoms with E-state index < -0.39 is 11.0 Å². The van der Waals surface area contributed by atoms with Crippen LogP contribution in [0.3, 0.4) is 0 Å². The van der Waals surface area contributed by atoms with E-state index in [2.05, 4.69) is 10.2 Å². The molecule has 78 valence electrons. The molecular formula is C6H10N4O4. The van der Waals surface area contributed by atoms with Crippen molar-refractivity contribution in [3.8, 4) is 0 Å². The van der Waals surface area contributed by atoms with Gasteiger partial charge < -0.3 is 20.0 Å². The first-order valence-electron chi connectivity index (χ1n) is 3.85. The summed E-state index contributed by atoms with van der Waals surface area (Å²) in [6.07, 6.45) is 1.03. The zero-order valence-electron chi connectivity index (χ0n) is 7.53. The van der Waals surface area contributed by atoms with Crippen LogP contribution >= 0.6 is 0 Å². The van der Waals surface area contributed by atoms with Crippen LogP contribution in [0, 0.1) is 10.1 Å². The number of rotatable bonds is 5. The standard InChI is InChI=1S/C6H10N4O4/c1-14-4-5(3-11)9-7-2-6(8-9)10(12)13/h2,5,11H,3-4H2,1H3. The first-order valence-corrected chi connectivity index (χ1v) is 3.85. The Bertz CT molecular complexity index is 313. The summed E-state index contributed by atoms with van der Waals surface area (Å²) in [5.74, 6) is -0.348. The van der Waals surface area contributed by atoms with Crippen LogP contribution in [0.4, 0.5) is 5.82 Å². The van der Waals surface area contributed by atoms with Crippen LogP contribution in [0.5, 0.6) is 0 Å². The lowest BCUT2D eigenvalue weighted by atomic mass is 10.3. The van der Waals surface area contributed by atoms with E-state index in [1.165, 1.54) is 7.11 Å². The van der Waals surface area contributed by atoms with Crippen molar-refractivity contribution in [1.29, 1.82) is 0 Å². The number of aliphatic hydroxyl groups excluding tert-OH is 1. The molecule has 0 saturated carbocycles. The van der Waals surface area contributed by atoms with Crippen LogP contribution in [-0.2, 0) is 4.74 Å². The minimum Gasteiger partial charge on any atom is -0.394 e. The van der Waals surface area contributed by atoms with E-state index in [1.54, 1.807) is 0 Å². The number of nitro groups is 1. The zero-order valence-corrected chi connectivity index (χ0v) is 7.53. The van der Waals surface area contributed by atoms with Gasteiger partial charge >= 0.3 is 5.82 Å². The molecule has 0 aromatic carbocycles. The lowest BCUT2D eigenvalue weighted by Crippen LogP contribution is -2.21. The highest BCUT2D eigenvalue weighted by molar-refractivity contribution is 5.08. The van der Waals surface area contributed by atoms with Gasteiger partial charge in [-0.15, -0.1) is 5.10 Å². The maximum atomic E-state index is 10.3.